The molecule has 0 spiro atoms. The summed E-state index contributed by atoms with van der Waals surface area (Å²) in [6.07, 6.45) is -0.191. The molecule has 0 fully saturated rings. The molecule has 1 unspecified atom stereocenters. The zero-order valence-electron chi connectivity index (χ0n) is 8.97. The molecule has 0 radical (unpaired) electrons. The SMILES string of the molecule is CC(C)(C)OC(=O)NC(CF)CCN. The lowest BCUT2D eigenvalue weighted by atomic mass is 10.2. The fraction of sp³-hybridized carbons (Fsp3) is 0.889. The van der Waals surface area contributed by atoms with Gasteiger partial charge in [0.05, 0.1) is 6.04 Å². The monoisotopic (exact) mass is 206 g/mol. The third kappa shape index (κ3) is 6.65. The maximum absolute atomic E-state index is 12.3. The summed E-state index contributed by atoms with van der Waals surface area (Å²) in [6.45, 7) is 4.96. The van der Waals surface area contributed by atoms with Crippen molar-refractivity contribution < 1.29 is 13.9 Å². The summed E-state index contributed by atoms with van der Waals surface area (Å²) in [5.41, 5.74) is 4.69. The normalized spacial score (nSPS) is 13.5. The van der Waals surface area contributed by atoms with Gasteiger partial charge < -0.3 is 15.8 Å². The van der Waals surface area contributed by atoms with Crippen molar-refractivity contribution in [3.63, 3.8) is 0 Å². The Morgan fingerprint density at radius 1 is 1.57 bits per heavy atom. The van der Waals surface area contributed by atoms with E-state index in [1.165, 1.54) is 0 Å². The van der Waals surface area contributed by atoms with Gasteiger partial charge in [-0.25, -0.2) is 9.18 Å². The minimum atomic E-state index is -0.629. The van der Waals surface area contributed by atoms with Crippen molar-refractivity contribution in [1.29, 1.82) is 0 Å². The number of carbonyl (C=O) groups excluding carboxylic acids is 1. The summed E-state index contributed by atoms with van der Waals surface area (Å²) < 4.78 is 17.3. The Morgan fingerprint density at radius 3 is 2.50 bits per heavy atom. The Labute approximate surface area is 84.0 Å². The average molecular weight is 206 g/mol. The molecule has 1 atom stereocenters. The number of rotatable bonds is 4. The predicted octanol–water partition coefficient (Wildman–Crippen LogP) is 1.20. The zero-order chi connectivity index (χ0) is 11.2. The zero-order valence-corrected chi connectivity index (χ0v) is 8.97. The second-order valence-corrected chi connectivity index (χ2v) is 4.07. The largest absolute Gasteiger partial charge is 0.444 e. The number of alkyl carbamates (subject to hydrolysis) is 1. The molecular formula is C9H19FN2O2. The van der Waals surface area contributed by atoms with Gasteiger partial charge in [-0.3, -0.25) is 0 Å². The molecule has 0 aromatic heterocycles. The van der Waals surface area contributed by atoms with E-state index in [2.05, 4.69) is 5.32 Å². The van der Waals surface area contributed by atoms with Gasteiger partial charge >= 0.3 is 6.09 Å². The van der Waals surface area contributed by atoms with Crippen molar-refractivity contribution in [2.75, 3.05) is 13.2 Å². The Morgan fingerprint density at radius 2 is 2.14 bits per heavy atom. The highest BCUT2D eigenvalue weighted by molar-refractivity contribution is 5.68. The van der Waals surface area contributed by atoms with Crippen LogP contribution in [0.25, 0.3) is 0 Å². The summed E-state index contributed by atoms with van der Waals surface area (Å²) in [7, 11) is 0. The van der Waals surface area contributed by atoms with Crippen molar-refractivity contribution >= 4 is 6.09 Å². The van der Waals surface area contributed by atoms with Crippen LogP contribution in [-0.2, 0) is 4.74 Å². The summed E-state index contributed by atoms with van der Waals surface area (Å²) in [5.74, 6) is 0. The topological polar surface area (TPSA) is 64.3 Å². The van der Waals surface area contributed by atoms with E-state index in [0.29, 0.717) is 13.0 Å². The molecule has 0 aromatic carbocycles. The van der Waals surface area contributed by atoms with Crippen LogP contribution < -0.4 is 11.1 Å². The highest BCUT2D eigenvalue weighted by Crippen LogP contribution is 2.07. The third-order valence-corrected chi connectivity index (χ3v) is 1.42. The van der Waals surface area contributed by atoms with Gasteiger partial charge in [0, 0.05) is 0 Å². The lowest BCUT2D eigenvalue weighted by Gasteiger charge is -2.22. The lowest BCUT2D eigenvalue weighted by Crippen LogP contribution is -2.41. The van der Waals surface area contributed by atoms with Gasteiger partial charge in [0.2, 0.25) is 0 Å². The number of nitrogens with two attached hydrogens (primary N) is 1. The Bertz CT molecular complexity index is 180. The Balaban J connectivity index is 3.91. The maximum Gasteiger partial charge on any atom is 0.407 e. The van der Waals surface area contributed by atoms with E-state index in [-0.39, 0.29) is 0 Å². The predicted molar refractivity (Wildman–Crippen MR) is 52.8 cm³/mol. The second kappa shape index (κ2) is 5.80. The standard InChI is InChI=1S/C9H19FN2O2/c1-9(2,3)14-8(13)12-7(6-10)4-5-11/h7H,4-6,11H2,1-3H3,(H,12,13). The number of halogens is 1. The quantitative estimate of drug-likeness (QED) is 0.726. The number of alkyl halides is 1. The van der Waals surface area contributed by atoms with Gasteiger partial charge in [-0.1, -0.05) is 0 Å². The van der Waals surface area contributed by atoms with Gasteiger partial charge in [0.25, 0.3) is 0 Å². The van der Waals surface area contributed by atoms with E-state index in [0.717, 1.165) is 0 Å². The van der Waals surface area contributed by atoms with Crippen LogP contribution in [0.15, 0.2) is 0 Å². The first-order valence-electron chi connectivity index (χ1n) is 4.64. The molecule has 0 bridgehead atoms. The van der Waals surface area contributed by atoms with Crippen molar-refractivity contribution in [3.05, 3.63) is 0 Å². The minimum absolute atomic E-state index is 0.338. The van der Waals surface area contributed by atoms with Crippen LogP contribution in [0.3, 0.4) is 0 Å². The second-order valence-electron chi connectivity index (χ2n) is 4.07. The molecule has 4 nitrogen and oxygen atoms in total. The molecule has 0 aliphatic heterocycles. The minimum Gasteiger partial charge on any atom is -0.444 e. The Hall–Kier alpha value is -0.840. The number of nitrogens with one attached hydrogen (secondary N) is 1. The van der Waals surface area contributed by atoms with E-state index in [1.807, 2.05) is 0 Å². The summed E-state index contributed by atoms with van der Waals surface area (Å²) in [4.78, 5) is 11.2. The lowest BCUT2D eigenvalue weighted by molar-refractivity contribution is 0.0494. The molecule has 0 saturated carbocycles. The van der Waals surface area contributed by atoms with Gasteiger partial charge in [-0.15, -0.1) is 0 Å². The number of carbonyl (C=O) groups is 1. The first-order valence-corrected chi connectivity index (χ1v) is 4.64. The van der Waals surface area contributed by atoms with Gasteiger partial charge in [0.15, 0.2) is 0 Å². The molecule has 84 valence electrons. The molecule has 14 heavy (non-hydrogen) atoms. The molecule has 0 saturated heterocycles. The molecule has 1 amide bonds. The number of ether oxygens (including phenoxy) is 1. The first kappa shape index (κ1) is 13.2. The van der Waals surface area contributed by atoms with Crippen LogP contribution in [-0.4, -0.2) is 31.0 Å². The van der Waals surface area contributed by atoms with Crippen molar-refractivity contribution in [2.24, 2.45) is 5.73 Å². The number of hydrogen-bond acceptors (Lipinski definition) is 3. The van der Waals surface area contributed by atoms with Crippen LogP contribution in [0.1, 0.15) is 27.2 Å². The molecule has 5 heteroatoms. The number of amides is 1. The molecular weight excluding hydrogens is 187 g/mol. The van der Waals surface area contributed by atoms with E-state index in [4.69, 9.17) is 10.5 Å². The van der Waals surface area contributed by atoms with Crippen LogP contribution in [0.5, 0.6) is 0 Å². The van der Waals surface area contributed by atoms with Crippen molar-refractivity contribution in [3.8, 4) is 0 Å². The summed E-state index contributed by atoms with van der Waals surface area (Å²) >= 11 is 0. The van der Waals surface area contributed by atoms with Gasteiger partial charge in [-0.2, -0.15) is 0 Å². The fourth-order valence-electron chi connectivity index (χ4n) is 0.863. The van der Waals surface area contributed by atoms with Crippen molar-refractivity contribution in [1.82, 2.24) is 5.32 Å². The fourth-order valence-corrected chi connectivity index (χ4v) is 0.863. The van der Waals surface area contributed by atoms with Crippen LogP contribution in [0, 0.1) is 0 Å². The van der Waals surface area contributed by atoms with E-state index >= 15 is 0 Å². The van der Waals surface area contributed by atoms with E-state index < -0.39 is 24.4 Å². The molecule has 0 aliphatic rings. The smallest absolute Gasteiger partial charge is 0.407 e. The van der Waals surface area contributed by atoms with Crippen molar-refractivity contribution in [2.45, 2.75) is 38.8 Å². The molecule has 0 heterocycles. The van der Waals surface area contributed by atoms with E-state index in [9.17, 15) is 9.18 Å². The van der Waals surface area contributed by atoms with Crippen LogP contribution >= 0.6 is 0 Å². The third-order valence-electron chi connectivity index (χ3n) is 1.42. The first-order chi connectivity index (χ1) is 6.39. The van der Waals surface area contributed by atoms with Gasteiger partial charge in [0.1, 0.15) is 12.3 Å². The molecule has 0 rings (SSSR count). The maximum atomic E-state index is 12.3. The average Bonchev–Trinajstić information content (AvgIpc) is 2.00. The van der Waals surface area contributed by atoms with Gasteiger partial charge in [-0.05, 0) is 33.7 Å². The summed E-state index contributed by atoms with van der Waals surface area (Å²) in [6, 6.07) is -0.546. The summed E-state index contributed by atoms with van der Waals surface area (Å²) in [5, 5.41) is 2.41. The number of hydrogen-bond donors (Lipinski definition) is 2. The van der Waals surface area contributed by atoms with Crippen LogP contribution in [0.2, 0.25) is 0 Å². The Kier molecular flexibility index (Phi) is 5.45. The molecule has 3 N–H and O–H groups in total. The van der Waals surface area contributed by atoms with Crippen LogP contribution in [0.4, 0.5) is 9.18 Å². The van der Waals surface area contributed by atoms with E-state index in [1.54, 1.807) is 20.8 Å². The molecule has 0 aromatic rings. The molecule has 0 aliphatic carbocycles. The highest BCUT2D eigenvalue weighted by atomic mass is 19.1. The highest BCUT2D eigenvalue weighted by Gasteiger charge is 2.18.